The summed E-state index contributed by atoms with van der Waals surface area (Å²) >= 11 is 0. The summed E-state index contributed by atoms with van der Waals surface area (Å²) in [5, 5.41) is 9.84. The molecule has 0 amide bonds. The lowest BCUT2D eigenvalue weighted by atomic mass is 9.96. The van der Waals surface area contributed by atoms with Gasteiger partial charge in [-0.1, -0.05) is 13.2 Å². The predicted octanol–water partition coefficient (Wildman–Crippen LogP) is 0.995. The minimum Gasteiger partial charge on any atom is -0.508 e. The summed E-state index contributed by atoms with van der Waals surface area (Å²) < 4.78 is 16.4. The van der Waals surface area contributed by atoms with E-state index in [-0.39, 0.29) is 17.3 Å². The van der Waals surface area contributed by atoms with Crippen LogP contribution in [0.5, 0.6) is 0 Å². The Balaban J connectivity index is 2.00. The first-order valence-corrected chi connectivity index (χ1v) is 7.24. The van der Waals surface area contributed by atoms with Crippen molar-refractivity contribution in [2.75, 3.05) is 13.2 Å². The third-order valence-corrected chi connectivity index (χ3v) is 3.84. The molecule has 1 aromatic rings. The van der Waals surface area contributed by atoms with Crippen molar-refractivity contribution >= 4 is 18.7 Å². The normalized spacial score (nSPS) is 21.4. The molecule has 116 valence electrons. The van der Waals surface area contributed by atoms with Crippen LogP contribution in [0.15, 0.2) is 27.3 Å². The molecule has 1 aromatic heterocycles. The van der Waals surface area contributed by atoms with Crippen molar-refractivity contribution in [1.82, 2.24) is 0 Å². The van der Waals surface area contributed by atoms with Gasteiger partial charge in [-0.15, -0.1) is 0 Å². The van der Waals surface area contributed by atoms with Gasteiger partial charge >= 0.3 is 5.63 Å². The standard InChI is InChI=1S/C17H18O5/c1-10(18)7-16-11(2)14-4-3-12(8-15(14)17(19)22-16)21-13-5-6-20-9-13/h7-8,13,18H,1-6,9H2/b16-7+. The molecule has 1 aliphatic carbocycles. The van der Waals surface area contributed by atoms with Gasteiger partial charge in [0, 0.05) is 24.1 Å². The molecule has 22 heavy (non-hydrogen) atoms. The van der Waals surface area contributed by atoms with Crippen LogP contribution in [0, 0.1) is 0 Å². The molecular weight excluding hydrogens is 284 g/mol. The summed E-state index contributed by atoms with van der Waals surface area (Å²) in [5.74, 6) is 0.600. The number of ether oxygens (including phenoxy) is 2. The average Bonchev–Trinajstić information content (AvgIpc) is 2.97. The molecule has 0 saturated carbocycles. The topological polar surface area (TPSA) is 68.9 Å². The molecule has 1 saturated heterocycles. The Morgan fingerprint density at radius 3 is 2.95 bits per heavy atom. The second-order valence-electron chi connectivity index (χ2n) is 5.47. The van der Waals surface area contributed by atoms with E-state index in [1.54, 1.807) is 6.08 Å². The maximum atomic E-state index is 12.2. The van der Waals surface area contributed by atoms with E-state index in [0.717, 1.165) is 17.7 Å². The maximum absolute atomic E-state index is 12.2. The van der Waals surface area contributed by atoms with Gasteiger partial charge in [0.1, 0.15) is 17.3 Å². The molecule has 1 unspecified atom stereocenters. The van der Waals surface area contributed by atoms with Crippen molar-refractivity contribution in [3.8, 4) is 0 Å². The Morgan fingerprint density at radius 2 is 2.27 bits per heavy atom. The van der Waals surface area contributed by atoms with Crippen LogP contribution in [0.25, 0.3) is 18.7 Å². The molecule has 3 rings (SSSR count). The Bertz CT molecular complexity index is 794. The van der Waals surface area contributed by atoms with E-state index in [9.17, 15) is 9.90 Å². The lowest BCUT2D eigenvalue weighted by Gasteiger charge is -2.19. The molecule has 5 heteroatoms. The van der Waals surface area contributed by atoms with Gasteiger partial charge in [-0.25, -0.2) is 4.79 Å². The molecule has 0 spiro atoms. The van der Waals surface area contributed by atoms with E-state index in [1.807, 2.05) is 0 Å². The highest BCUT2D eigenvalue weighted by Crippen LogP contribution is 2.23. The van der Waals surface area contributed by atoms with Gasteiger partial charge in [0.15, 0.2) is 0 Å². The number of rotatable bonds is 3. The van der Waals surface area contributed by atoms with Gasteiger partial charge in [0.2, 0.25) is 0 Å². The third kappa shape index (κ3) is 2.85. The maximum Gasteiger partial charge on any atom is 0.343 e. The molecule has 1 aliphatic heterocycles. The zero-order chi connectivity index (χ0) is 15.7. The van der Waals surface area contributed by atoms with Gasteiger partial charge in [0.25, 0.3) is 0 Å². The number of allylic oxidation sites excluding steroid dienone is 2. The zero-order valence-electron chi connectivity index (χ0n) is 12.3. The van der Waals surface area contributed by atoms with E-state index in [0.29, 0.717) is 36.8 Å². The minimum atomic E-state index is -0.460. The first-order valence-electron chi connectivity index (χ1n) is 7.24. The first kappa shape index (κ1) is 14.7. The number of fused-ring (bicyclic) bond motifs is 1. The highest BCUT2D eigenvalue weighted by atomic mass is 16.5. The first-order chi connectivity index (χ1) is 10.5. The molecule has 1 fully saturated rings. The molecular formula is C17H18O5. The Kier molecular flexibility index (Phi) is 3.90. The van der Waals surface area contributed by atoms with Gasteiger partial charge in [-0.05, 0) is 18.1 Å². The van der Waals surface area contributed by atoms with E-state index in [4.69, 9.17) is 13.9 Å². The van der Waals surface area contributed by atoms with Crippen molar-refractivity contribution < 1.29 is 19.0 Å². The SMILES string of the molecule is C=C(O)/C=c1/oc(=O)c2c(c1=C)CCC(OC1CCOC1)=C2. The summed E-state index contributed by atoms with van der Waals surface area (Å²) in [7, 11) is 0. The van der Waals surface area contributed by atoms with E-state index >= 15 is 0 Å². The van der Waals surface area contributed by atoms with Crippen LogP contribution in [0.4, 0.5) is 0 Å². The predicted molar refractivity (Wildman–Crippen MR) is 82.6 cm³/mol. The third-order valence-electron chi connectivity index (χ3n) is 3.84. The monoisotopic (exact) mass is 302 g/mol. The van der Waals surface area contributed by atoms with E-state index < -0.39 is 5.63 Å². The molecule has 2 heterocycles. The van der Waals surface area contributed by atoms with Crippen LogP contribution in [0.2, 0.25) is 0 Å². The van der Waals surface area contributed by atoms with Crippen LogP contribution in [-0.2, 0) is 15.9 Å². The molecule has 2 aliphatic rings. The van der Waals surface area contributed by atoms with Crippen molar-refractivity contribution in [3.63, 3.8) is 0 Å². The lowest BCUT2D eigenvalue weighted by molar-refractivity contribution is 0.0885. The number of hydrogen-bond acceptors (Lipinski definition) is 5. The van der Waals surface area contributed by atoms with Gasteiger partial charge < -0.3 is 19.0 Å². The zero-order valence-corrected chi connectivity index (χ0v) is 12.3. The van der Waals surface area contributed by atoms with Crippen molar-refractivity contribution in [2.45, 2.75) is 25.4 Å². The number of hydrogen-bond donors (Lipinski definition) is 1. The Morgan fingerprint density at radius 1 is 1.45 bits per heavy atom. The Hall–Kier alpha value is -2.27. The Labute approximate surface area is 127 Å². The number of aliphatic hydroxyl groups excluding tert-OH is 1. The van der Waals surface area contributed by atoms with Gasteiger partial charge in [0.05, 0.1) is 24.5 Å². The summed E-state index contributed by atoms with van der Waals surface area (Å²) in [5.41, 5.74) is 1.10. The van der Waals surface area contributed by atoms with Gasteiger partial charge in [-0.2, -0.15) is 0 Å². The van der Waals surface area contributed by atoms with Gasteiger partial charge in [-0.3, -0.25) is 0 Å². The molecule has 0 aromatic carbocycles. The summed E-state index contributed by atoms with van der Waals surface area (Å²) in [6.45, 7) is 8.62. The van der Waals surface area contributed by atoms with Crippen molar-refractivity contribution in [2.24, 2.45) is 0 Å². The lowest BCUT2D eigenvalue weighted by Crippen LogP contribution is -2.35. The summed E-state index contributed by atoms with van der Waals surface area (Å²) in [4.78, 5) is 12.2. The minimum absolute atomic E-state index is 0.0596. The summed E-state index contributed by atoms with van der Waals surface area (Å²) in [6, 6.07) is 0. The highest BCUT2D eigenvalue weighted by molar-refractivity contribution is 5.57. The largest absolute Gasteiger partial charge is 0.508 e. The van der Waals surface area contributed by atoms with Crippen LogP contribution in [0.3, 0.4) is 0 Å². The number of aliphatic hydroxyl groups is 1. The fourth-order valence-electron chi connectivity index (χ4n) is 2.74. The van der Waals surface area contributed by atoms with Crippen LogP contribution in [-0.4, -0.2) is 24.4 Å². The van der Waals surface area contributed by atoms with Crippen molar-refractivity contribution in [3.05, 3.63) is 50.3 Å². The molecule has 1 atom stereocenters. The second-order valence-corrected chi connectivity index (χ2v) is 5.47. The summed E-state index contributed by atoms with van der Waals surface area (Å²) in [6.07, 6.45) is 5.31. The molecule has 1 N–H and O–H groups in total. The second kappa shape index (κ2) is 5.85. The quantitative estimate of drug-likeness (QED) is 0.844. The van der Waals surface area contributed by atoms with Crippen LogP contribution in [0.1, 0.15) is 24.0 Å². The van der Waals surface area contributed by atoms with Crippen LogP contribution >= 0.6 is 0 Å². The average molecular weight is 302 g/mol. The smallest absolute Gasteiger partial charge is 0.343 e. The molecule has 0 radical (unpaired) electrons. The van der Waals surface area contributed by atoms with Crippen molar-refractivity contribution in [1.29, 1.82) is 0 Å². The highest BCUT2D eigenvalue weighted by Gasteiger charge is 2.22. The fraction of sp³-hybridized carbons (Fsp3) is 0.353. The van der Waals surface area contributed by atoms with E-state index in [2.05, 4.69) is 13.2 Å². The molecule has 0 bridgehead atoms. The molecule has 5 nitrogen and oxygen atoms in total. The van der Waals surface area contributed by atoms with E-state index in [1.165, 1.54) is 6.08 Å². The fourth-order valence-corrected chi connectivity index (χ4v) is 2.74. The van der Waals surface area contributed by atoms with Crippen LogP contribution < -0.4 is 16.3 Å².